The van der Waals surface area contributed by atoms with Crippen molar-refractivity contribution >= 4 is 11.9 Å². The Bertz CT molecular complexity index is 647. The Balaban J connectivity index is 2.36. The molecule has 0 aliphatic carbocycles. The van der Waals surface area contributed by atoms with E-state index in [4.69, 9.17) is 5.26 Å². The number of nitriles is 1. The topological polar surface area (TPSA) is 73.2 Å². The smallest absolute Gasteiger partial charge is 0.319 e. The molecule has 1 aliphatic heterocycles. The summed E-state index contributed by atoms with van der Waals surface area (Å²) in [6.45, 7) is 7.47. The van der Waals surface area contributed by atoms with Gasteiger partial charge in [0.15, 0.2) is 0 Å². The Morgan fingerprint density at radius 2 is 2.00 bits per heavy atom. The maximum atomic E-state index is 12.6. The highest BCUT2D eigenvalue weighted by molar-refractivity contribution is 6.07. The van der Waals surface area contributed by atoms with Gasteiger partial charge in [-0.25, -0.2) is 4.79 Å². The fourth-order valence-electron chi connectivity index (χ4n) is 2.43. The number of nitrogens with one attached hydrogen (secondary N) is 1. The van der Waals surface area contributed by atoms with Gasteiger partial charge in [-0.15, -0.1) is 0 Å². The van der Waals surface area contributed by atoms with Crippen molar-refractivity contribution in [2.75, 3.05) is 6.54 Å². The maximum absolute atomic E-state index is 12.6. The third-order valence-electron chi connectivity index (χ3n) is 4.04. The second kappa shape index (κ2) is 5.21. The number of carbonyl (C=O) groups is 2. The van der Waals surface area contributed by atoms with Gasteiger partial charge in [-0.2, -0.15) is 5.26 Å². The van der Waals surface area contributed by atoms with Crippen molar-refractivity contribution in [3.63, 3.8) is 0 Å². The van der Waals surface area contributed by atoms with Crippen molar-refractivity contribution in [1.82, 2.24) is 10.2 Å². The summed E-state index contributed by atoms with van der Waals surface area (Å²) in [6.07, 6.45) is 0. The molecule has 1 aromatic rings. The molecule has 2 unspecified atom stereocenters. The van der Waals surface area contributed by atoms with Crippen molar-refractivity contribution in [1.29, 1.82) is 5.26 Å². The number of hydrogen-bond donors (Lipinski definition) is 1. The van der Waals surface area contributed by atoms with Crippen LogP contribution in [0.4, 0.5) is 4.79 Å². The molecule has 5 heteroatoms. The van der Waals surface area contributed by atoms with E-state index in [0.29, 0.717) is 0 Å². The first-order valence-electron chi connectivity index (χ1n) is 6.91. The van der Waals surface area contributed by atoms with Crippen molar-refractivity contribution in [2.45, 2.75) is 33.2 Å². The van der Waals surface area contributed by atoms with Crippen LogP contribution in [0, 0.1) is 31.1 Å². The van der Waals surface area contributed by atoms with E-state index in [9.17, 15) is 9.59 Å². The van der Waals surface area contributed by atoms with E-state index in [1.54, 1.807) is 13.8 Å². The van der Waals surface area contributed by atoms with Crippen LogP contribution in [-0.2, 0) is 10.3 Å². The molecule has 1 heterocycles. The van der Waals surface area contributed by atoms with Gasteiger partial charge in [0.1, 0.15) is 5.54 Å². The summed E-state index contributed by atoms with van der Waals surface area (Å²) in [7, 11) is 0. The molecule has 0 saturated carbocycles. The van der Waals surface area contributed by atoms with E-state index in [1.807, 2.05) is 38.1 Å². The summed E-state index contributed by atoms with van der Waals surface area (Å²) in [5, 5.41) is 11.6. The number of urea groups is 1. The van der Waals surface area contributed by atoms with Crippen molar-refractivity contribution in [2.24, 2.45) is 5.92 Å². The molecule has 1 saturated heterocycles. The fourth-order valence-corrected chi connectivity index (χ4v) is 2.43. The Morgan fingerprint density at radius 3 is 2.57 bits per heavy atom. The second-order valence-corrected chi connectivity index (χ2v) is 5.80. The highest BCUT2D eigenvalue weighted by atomic mass is 16.2. The molecule has 2 rings (SSSR count). The maximum Gasteiger partial charge on any atom is 0.325 e. The molecule has 21 heavy (non-hydrogen) atoms. The number of imide groups is 1. The lowest BCUT2D eigenvalue weighted by molar-refractivity contribution is -0.131. The first-order chi connectivity index (χ1) is 9.79. The van der Waals surface area contributed by atoms with Crippen LogP contribution in [0.5, 0.6) is 0 Å². The molecular weight excluding hydrogens is 266 g/mol. The number of rotatable bonds is 3. The van der Waals surface area contributed by atoms with Gasteiger partial charge >= 0.3 is 6.03 Å². The molecule has 1 fully saturated rings. The minimum atomic E-state index is -1.06. The van der Waals surface area contributed by atoms with Gasteiger partial charge in [0.25, 0.3) is 5.91 Å². The van der Waals surface area contributed by atoms with Crippen LogP contribution in [0.3, 0.4) is 0 Å². The van der Waals surface area contributed by atoms with Crippen molar-refractivity contribution in [3.05, 3.63) is 34.9 Å². The second-order valence-electron chi connectivity index (χ2n) is 5.80. The van der Waals surface area contributed by atoms with E-state index in [0.717, 1.165) is 21.6 Å². The summed E-state index contributed by atoms with van der Waals surface area (Å²) >= 11 is 0. The Labute approximate surface area is 124 Å². The number of hydrogen-bond acceptors (Lipinski definition) is 3. The molecule has 5 nitrogen and oxygen atoms in total. The van der Waals surface area contributed by atoms with Crippen molar-refractivity contribution in [3.8, 4) is 6.07 Å². The summed E-state index contributed by atoms with van der Waals surface area (Å²) in [5.41, 5.74) is 1.90. The van der Waals surface area contributed by atoms with Crippen LogP contribution in [0.1, 0.15) is 30.5 Å². The summed E-state index contributed by atoms with van der Waals surface area (Å²) < 4.78 is 0. The minimum absolute atomic E-state index is 0.113. The van der Waals surface area contributed by atoms with Gasteiger partial charge in [0, 0.05) is 6.54 Å². The highest BCUT2D eigenvalue weighted by Gasteiger charge is 2.49. The third kappa shape index (κ3) is 2.49. The Hall–Kier alpha value is -2.35. The van der Waals surface area contributed by atoms with E-state index < -0.39 is 11.6 Å². The van der Waals surface area contributed by atoms with E-state index >= 15 is 0 Å². The standard InChI is InChI=1S/C16H19N3O2/c1-10(8-17)9-19-14(20)16(4,18-15(19)21)13-6-5-11(2)12(3)7-13/h5-7,10H,9H2,1-4H3,(H,18,21). The number of carbonyl (C=O) groups excluding carboxylic acids is 2. The van der Waals surface area contributed by atoms with Gasteiger partial charge in [0.2, 0.25) is 0 Å². The molecule has 1 aliphatic rings. The zero-order valence-electron chi connectivity index (χ0n) is 12.7. The lowest BCUT2D eigenvalue weighted by Gasteiger charge is -2.23. The average molecular weight is 285 g/mol. The quantitative estimate of drug-likeness (QED) is 0.865. The molecule has 110 valence electrons. The van der Waals surface area contributed by atoms with Gasteiger partial charge < -0.3 is 5.32 Å². The largest absolute Gasteiger partial charge is 0.325 e. The van der Waals surface area contributed by atoms with E-state index in [-0.39, 0.29) is 18.4 Å². The predicted molar refractivity (Wildman–Crippen MR) is 78.3 cm³/mol. The first kappa shape index (κ1) is 15.0. The van der Waals surface area contributed by atoms with Crippen LogP contribution < -0.4 is 5.32 Å². The first-order valence-corrected chi connectivity index (χ1v) is 6.91. The molecule has 0 aromatic heterocycles. The molecule has 2 atom stereocenters. The van der Waals surface area contributed by atoms with Crippen LogP contribution in [0.2, 0.25) is 0 Å². The normalized spacial score (nSPS) is 22.9. The number of nitrogens with zero attached hydrogens (tertiary/aromatic N) is 2. The lowest BCUT2D eigenvalue weighted by Crippen LogP contribution is -2.41. The molecule has 0 spiro atoms. The molecule has 1 N–H and O–H groups in total. The monoisotopic (exact) mass is 285 g/mol. The zero-order valence-corrected chi connectivity index (χ0v) is 12.7. The van der Waals surface area contributed by atoms with Crippen molar-refractivity contribution < 1.29 is 9.59 Å². The van der Waals surface area contributed by atoms with Crippen LogP contribution >= 0.6 is 0 Å². The number of benzene rings is 1. The summed E-state index contributed by atoms with van der Waals surface area (Å²) in [5.74, 6) is -0.695. The van der Waals surface area contributed by atoms with Crippen LogP contribution in [0.25, 0.3) is 0 Å². The van der Waals surface area contributed by atoms with E-state index in [1.165, 1.54) is 0 Å². The molecule has 3 amide bonds. The summed E-state index contributed by atoms with van der Waals surface area (Å²) in [6, 6.07) is 7.32. The third-order valence-corrected chi connectivity index (χ3v) is 4.04. The van der Waals surface area contributed by atoms with Gasteiger partial charge in [-0.05, 0) is 44.4 Å². The fraction of sp³-hybridized carbons (Fsp3) is 0.438. The minimum Gasteiger partial charge on any atom is -0.319 e. The average Bonchev–Trinajstić information content (AvgIpc) is 2.66. The zero-order chi connectivity index (χ0) is 15.8. The summed E-state index contributed by atoms with van der Waals surface area (Å²) in [4.78, 5) is 25.8. The molecular formula is C16H19N3O2. The van der Waals surface area contributed by atoms with Gasteiger partial charge in [-0.1, -0.05) is 18.2 Å². The molecule has 0 radical (unpaired) electrons. The van der Waals surface area contributed by atoms with Gasteiger partial charge in [0.05, 0.1) is 12.0 Å². The SMILES string of the molecule is Cc1ccc(C2(C)NC(=O)N(CC(C)C#N)C2=O)cc1C. The Kier molecular flexibility index (Phi) is 3.73. The highest BCUT2D eigenvalue weighted by Crippen LogP contribution is 2.30. The van der Waals surface area contributed by atoms with Crippen LogP contribution in [-0.4, -0.2) is 23.4 Å². The number of amides is 3. The van der Waals surface area contributed by atoms with Gasteiger partial charge in [-0.3, -0.25) is 9.69 Å². The number of aryl methyl sites for hydroxylation is 2. The van der Waals surface area contributed by atoms with E-state index in [2.05, 4.69) is 5.32 Å². The van der Waals surface area contributed by atoms with Crippen LogP contribution in [0.15, 0.2) is 18.2 Å². The molecule has 1 aromatic carbocycles. The Morgan fingerprint density at radius 1 is 1.33 bits per heavy atom. The molecule has 0 bridgehead atoms. The lowest BCUT2D eigenvalue weighted by atomic mass is 9.89. The predicted octanol–water partition coefficient (Wildman–Crippen LogP) is 2.23.